The van der Waals surface area contributed by atoms with Crippen molar-refractivity contribution in [3.8, 4) is 0 Å². The Morgan fingerprint density at radius 3 is 2.45 bits per heavy atom. The number of amides is 2. The molecule has 0 saturated carbocycles. The molecule has 0 radical (unpaired) electrons. The lowest BCUT2D eigenvalue weighted by atomic mass is 10.1. The van der Waals surface area contributed by atoms with E-state index in [2.05, 4.69) is 29.4 Å². The zero-order valence-electron chi connectivity index (χ0n) is 12.0. The zero-order chi connectivity index (χ0) is 14.5. The average Bonchev–Trinajstić information content (AvgIpc) is 2.89. The Labute approximate surface area is 119 Å². The zero-order valence-corrected chi connectivity index (χ0v) is 12.0. The summed E-state index contributed by atoms with van der Waals surface area (Å²) in [4.78, 5) is 25.3. The van der Waals surface area contributed by atoms with Gasteiger partial charge in [-0.3, -0.25) is 9.59 Å². The fourth-order valence-corrected chi connectivity index (χ4v) is 2.38. The van der Waals surface area contributed by atoms with E-state index >= 15 is 0 Å². The minimum Gasteiger partial charge on any atom is -0.372 e. The van der Waals surface area contributed by atoms with Crippen LogP contribution in [0.1, 0.15) is 20.3 Å². The molecule has 1 atom stereocenters. The maximum atomic E-state index is 12.0. The molecule has 1 aromatic carbocycles. The summed E-state index contributed by atoms with van der Waals surface area (Å²) in [6.07, 6.45) is 0.281. The SMILES string of the molecule is CCN(CC)c1ccc(NC(=O)C2CNC(=O)C2)cc1. The van der Waals surface area contributed by atoms with Gasteiger partial charge in [-0.15, -0.1) is 0 Å². The molecule has 2 rings (SSSR count). The molecule has 5 nitrogen and oxygen atoms in total. The topological polar surface area (TPSA) is 61.4 Å². The van der Waals surface area contributed by atoms with Gasteiger partial charge in [-0.1, -0.05) is 0 Å². The van der Waals surface area contributed by atoms with Gasteiger partial charge in [-0.25, -0.2) is 0 Å². The Morgan fingerprint density at radius 1 is 1.30 bits per heavy atom. The van der Waals surface area contributed by atoms with Crippen LogP contribution in [0.2, 0.25) is 0 Å². The molecule has 1 aliphatic heterocycles. The number of hydrogen-bond acceptors (Lipinski definition) is 3. The van der Waals surface area contributed by atoms with Crippen molar-refractivity contribution in [1.29, 1.82) is 0 Å². The van der Waals surface area contributed by atoms with Gasteiger partial charge in [-0.2, -0.15) is 0 Å². The summed E-state index contributed by atoms with van der Waals surface area (Å²) in [7, 11) is 0. The minimum absolute atomic E-state index is 0.0537. The van der Waals surface area contributed by atoms with Crippen LogP contribution in [0.15, 0.2) is 24.3 Å². The molecule has 1 fully saturated rings. The Balaban J connectivity index is 1.96. The molecular formula is C15H21N3O2. The molecule has 1 aliphatic rings. The van der Waals surface area contributed by atoms with Crippen LogP contribution >= 0.6 is 0 Å². The lowest BCUT2D eigenvalue weighted by molar-refractivity contribution is -0.123. The average molecular weight is 275 g/mol. The highest BCUT2D eigenvalue weighted by molar-refractivity contribution is 5.97. The highest BCUT2D eigenvalue weighted by Gasteiger charge is 2.27. The minimum atomic E-state index is -0.259. The maximum Gasteiger partial charge on any atom is 0.229 e. The number of rotatable bonds is 5. The predicted molar refractivity (Wildman–Crippen MR) is 79.7 cm³/mol. The first-order valence-corrected chi connectivity index (χ1v) is 7.06. The summed E-state index contributed by atoms with van der Waals surface area (Å²) in [6, 6.07) is 7.80. The molecule has 2 amide bonds. The molecule has 5 heteroatoms. The summed E-state index contributed by atoms with van der Waals surface area (Å²) in [6.45, 7) is 6.57. The van der Waals surface area contributed by atoms with E-state index in [1.807, 2.05) is 24.3 Å². The van der Waals surface area contributed by atoms with Gasteiger partial charge in [0.1, 0.15) is 0 Å². The van der Waals surface area contributed by atoms with Crippen LogP contribution in [0.3, 0.4) is 0 Å². The Bertz CT molecular complexity index is 480. The lowest BCUT2D eigenvalue weighted by Crippen LogP contribution is -2.25. The first-order chi connectivity index (χ1) is 9.63. The molecule has 108 valence electrons. The number of nitrogens with one attached hydrogen (secondary N) is 2. The fourth-order valence-electron chi connectivity index (χ4n) is 2.38. The maximum absolute atomic E-state index is 12.0. The number of carbonyl (C=O) groups is 2. The van der Waals surface area contributed by atoms with E-state index in [1.54, 1.807) is 0 Å². The van der Waals surface area contributed by atoms with Gasteiger partial charge in [-0.05, 0) is 38.1 Å². The largest absolute Gasteiger partial charge is 0.372 e. The standard InChI is InChI=1S/C15H21N3O2/c1-3-18(4-2)13-7-5-12(6-8-13)17-15(20)11-9-14(19)16-10-11/h5-8,11H,3-4,9-10H2,1-2H3,(H,16,19)(H,17,20). The lowest BCUT2D eigenvalue weighted by Gasteiger charge is -2.21. The monoisotopic (exact) mass is 275 g/mol. The summed E-state index contributed by atoms with van der Waals surface area (Å²) < 4.78 is 0. The second-order valence-electron chi connectivity index (χ2n) is 4.91. The van der Waals surface area contributed by atoms with Crippen LogP contribution in [0, 0.1) is 5.92 Å². The number of nitrogens with zero attached hydrogens (tertiary/aromatic N) is 1. The third-order valence-electron chi connectivity index (χ3n) is 3.61. The van der Waals surface area contributed by atoms with Gasteiger partial charge in [0.25, 0.3) is 0 Å². The van der Waals surface area contributed by atoms with Crippen molar-refractivity contribution in [2.24, 2.45) is 5.92 Å². The molecule has 1 saturated heterocycles. The molecule has 1 heterocycles. The summed E-state index contributed by atoms with van der Waals surface area (Å²) in [5, 5.41) is 5.53. The second-order valence-corrected chi connectivity index (χ2v) is 4.91. The predicted octanol–water partition coefficient (Wildman–Crippen LogP) is 1.61. The molecule has 20 heavy (non-hydrogen) atoms. The van der Waals surface area contributed by atoms with Crippen LogP contribution in [0.25, 0.3) is 0 Å². The van der Waals surface area contributed by atoms with E-state index in [4.69, 9.17) is 0 Å². The van der Waals surface area contributed by atoms with Gasteiger partial charge in [0.2, 0.25) is 11.8 Å². The second kappa shape index (κ2) is 6.41. The third kappa shape index (κ3) is 3.29. The molecule has 0 aliphatic carbocycles. The first-order valence-electron chi connectivity index (χ1n) is 7.06. The normalized spacial score (nSPS) is 17.7. The van der Waals surface area contributed by atoms with Gasteiger partial charge in [0.15, 0.2) is 0 Å². The van der Waals surface area contributed by atoms with Gasteiger partial charge >= 0.3 is 0 Å². The van der Waals surface area contributed by atoms with Crippen molar-refractivity contribution in [2.75, 3.05) is 29.9 Å². The molecule has 1 unspecified atom stereocenters. The van der Waals surface area contributed by atoms with Crippen LogP contribution in [-0.4, -0.2) is 31.4 Å². The quantitative estimate of drug-likeness (QED) is 0.858. The molecule has 0 aromatic heterocycles. The van der Waals surface area contributed by atoms with Crippen molar-refractivity contribution in [2.45, 2.75) is 20.3 Å². The van der Waals surface area contributed by atoms with Crippen molar-refractivity contribution in [3.63, 3.8) is 0 Å². The molecule has 0 bridgehead atoms. The van der Waals surface area contributed by atoms with E-state index in [1.165, 1.54) is 0 Å². The summed E-state index contributed by atoms with van der Waals surface area (Å²) >= 11 is 0. The van der Waals surface area contributed by atoms with E-state index in [0.29, 0.717) is 6.54 Å². The van der Waals surface area contributed by atoms with E-state index in [-0.39, 0.29) is 24.2 Å². The Morgan fingerprint density at radius 2 is 1.95 bits per heavy atom. The molecule has 2 N–H and O–H groups in total. The number of anilines is 2. The van der Waals surface area contributed by atoms with Crippen LogP contribution in [0.5, 0.6) is 0 Å². The van der Waals surface area contributed by atoms with Crippen molar-refractivity contribution < 1.29 is 9.59 Å². The van der Waals surface area contributed by atoms with E-state index in [9.17, 15) is 9.59 Å². The van der Waals surface area contributed by atoms with Gasteiger partial charge in [0, 0.05) is 37.4 Å². The van der Waals surface area contributed by atoms with E-state index in [0.717, 1.165) is 24.5 Å². The number of benzene rings is 1. The first kappa shape index (κ1) is 14.4. The highest BCUT2D eigenvalue weighted by atomic mass is 16.2. The fraction of sp³-hybridized carbons (Fsp3) is 0.467. The number of carbonyl (C=O) groups excluding carboxylic acids is 2. The van der Waals surface area contributed by atoms with Gasteiger partial charge < -0.3 is 15.5 Å². The molecular weight excluding hydrogens is 254 g/mol. The Kier molecular flexibility index (Phi) is 4.61. The third-order valence-corrected chi connectivity index (χ3v) is 3.61. The van der Waals surface area contributed by atoms with Crippen molar-refractivity contribution >= 4 is 23.2 Å². The van der Waals surface area contributed by atoms with Crippen LogP contribution in [0.4, 0.5) is 11.4 Å². The Hall–Kier alpha value is -2.04. The number of hydrogen-bond donors (Lipinski definition) is 2. The summed E-state index contributed by atoms with van der Waals surface area (Å²) in [5.41, 5.74) is 1.91. The highest BCUT2D eigenvalue weighted by Crippen LogP contribution is 2.19. The van der Waals surface area contributed by atoms with Crippen LogP contribution < -0.4 is 15.5 Å². The van der Waals surface area contributed by atoms with Crippen LogP contribution in [-0.2, 0) is 9.59 Å². The van der Waals surface area contributed by atoms with Crippen molar-refractivity contribution in [1.82, 2.24) is 5.32 Å². The summed E-state index contributed by atoms with van der Waals surface area (Å²) in [5.74, 6) is -0.411. The molecule has 1 aromatic rings. The van der Waals surface area contributed by atoms with E-state index < -0.39 is 0 Å². The van der Waals surface area contributed by atoms with Gasteiger partial charge in [0.05, 0.1) is 5.92 Å². The smallest absolute Gasteiger partial charge is 0.229 e. The molecule has 0 spiro atoms. The van der Waals surface area contributed by atoms with Crippen molar-refractivity contribution in [3.05, 3.63) is 24.3 Å².